The number of halogens is 1. The Morgan fingerprint density at radius 2 is 1.39 bits per heavy atom. The third kappa shape index (κ3) is 6.78. The minimum Gasteiger partial charge on any atom is -0.352 e. The molecule has 3 rings (SSSR count). The van der Waals surface area contributed by atoms with Gasteiger partial charge in [0.15, 0.2) is 0 Å². The second-order valence-corrected chi connectivity index (χ2v) is 6.82. The Kier molecular flexibility index (Phi) is 7.48. The summed E-state index contributed by atoms with van der Waals surface area (Å²) in [5, 5.41) is 8.12. The molecule has 3 aromatic carbocycles. The van der Waals surface area contributed by atoms with Crippen molar-refractivity contribution in [2.24, 2.45) is 0 Å². The van der Waals surface area contributed by atoms with E-state index < -0.39 is 11.7 Å². The zero-order chi connectivity index (χ0) is 22.1. The predicted molar refractivity (Wildman–Crippen MR) is 117 cm³/mol. The van der Waals surface area contributed by atoms with Gasteiger partial charge in [0.1, 0.15) is 5.82 Å². The molecular formula is C24H22FN3O3. The number of nitrogens with one attached hydrogen (secondary N) is 3. The van der Waals surface area contributed by atoms with Gasteiger partial charge in [0.25, 0.3) is 11.8 Å². The Balaban J connectivity index is 1.46. The van der Waals surface area contributed by atoms with Crippen LogP contribution in [0, 0.1) is 5.82 Å². The van der Waals surface area contributed by atoms with Gasteiger partial charge in [-0.05, 0) is 55.0 Å². The zero-order valence-corrected chi connectivity index (χ0v) is 16.7. The Labute approximate surface area is 179 Å². The van der Waals surface area contributed by atoms with E-state index in [0.717, 1.165) is 0 Å². The molecule has 3 amide bonds. The molecule has 0 radical (unpaired) electrons. The van der Waals surface area contributed by atoms with Gasteiger partial charge in [-0.15, -0.1) is 0 Å². The van der Waals surface area contributed by atoms with Crippen molar-refractivity contribution in [1.82, 2.24) is 5.32 Å². The number of carbonyl (C=O) groups is 3. The molecule has 0 atom stereocenters. The van der Waals surface area contributed by atoms with Crippen molar-refractivity contribution in [3.05, 3.63) is 95.8 Å². The van der Waals surface area contributed by atoms with Gasteiger partial charge in [-0.1, -0.05) is 30.3 Å². The molecule has 0 aliphatic heterocycles. The standard InChI is InChI=1S/C24H22FN3O3/c25-19-10-5-12-21(16-19)28-24(31)18-9-4-11-20(15-18)27-22(29)13-6-14-26-23(30)17-7-2-1-3-8-17/h1-5,7-12,15-16H,6,13-14H2,(H,26,30)(H,27,29)(H,28,31). The van der Waals surface area contributed by atoms with E-state index >= 15 is 0 Å². The maximum atomic E-state index is 13.3. The lowest BCUT2D eigenvalue weighted by atomic mass is 10.1. The van der Waals surface area contributed by atoms with Crippen LogP contribution >= 0.6 is 0 Å². The summed E-state index contributed by atoms with van der Waals surface area (Å²) < 4.78 is 13.3. The van der Waals surface area contributed by atoms with Crippen molar-refractivity contribution in [1.29, 1.82) is 0 Å². The van der Waals surface area contributed by atoms with Crippen LogP contribution in [0.3, 0.4) is 0 Å². The lowest BCUT2D eigenvalue weighted by Crippen LogP contribution is -2.25. The average molecular weight is 419 g/mol. The third-order valence-electron chi connectivity index (χ3n) is 4.39. The Hall–Kier alpha value is -4.00. The highest BCUT2D eigenvalue weighted by atomic mass is 19.1. The first-order valence-corrected chi connectivity index (χ1v) is 9.81. The van der Waals surface area contributed by atoms with E-state index in [1.165, 1.54) is 18.2 Å². The van der Waals surface area contributed by atoms with E-state index in [1.54, 1.807) is 54.6 Å². The summed E-state index contributed by atoms with van der Waals surface area (Å²) in [6, 6.07) is 20.9. The zero-order valence-electron chi connectivity index (χ0n) is 16.7. The highest BCUT2D eigenvalue weighted by Gasteiger charge is 2.09. The fraction of sp³-hybridized carbons (Fsp3) is 0.125. The van der Waals surface area contributed by atoms with E-state index in [4.69, 9.17) is 0 Å². The van der Waals surface area contributed by atoms with Gasteiger partial charge in [0.2, 0.25) is 5.91 Å². The number of hydrogen-bond donors (Lipinski definition) is 3. The molecule has 0 fully saturated rings. The minimum atomic E-state index is -0.446. The molecule has 0 heterocycles. The number of carbonyl (C=O) groups excluding carboxylic acids is 3. The fourth-order valence-electron chi connectivity index (χ4n) is 2.87. The van der Waals surface area contributed by atoms with Crippen molar-refractivity contribution in [2.45, 2.75) is 12.8 Å². The highest BCUT2D eigenvalue weighted by molar-refractivity contribution is 6.05. The number of amides is 3. The summed E-state index contributed by atoms with van der Waals surface area (Å²) in [6.45, 7) is 0.372. The van der Waals surface area contributed by atoms with Gasteiger partial charge < -0.3 is 16.0 Å². The average Bonchev–Trinajstić information content (AvgIpc) is 2.77. The van der Waals surface area contributed by atoms with E-state index in [-0.39, 0.29) is 18.2 Å². The number of anilines is 2. The molecule has 0 saturated heterocycles. The van der Waals surface area contributed by atoms with Gasteiger partial charge >= 0.3 is 0 Å². The molecule has 0 saturated carbocycles. The number of benzene rings is 3. The molecule has 0 unspecified atom stereocenters. The van der Waals surface area contributed by atoms with Gasteiger partial charge in [-0.2, -0.15) is 0 Å². The van der Waals surface area contributed by atoms with E-state index in [1.807, 2.05) is 6.07 Å². The van der Waals surface area contributed by atoms with Gasteiger partial charge in [0.05, 0.1) is 0 Å². The molecule has 0 bridgehead atoms. The van der Waals surface area contributed by atoms with Crippen LogP contribution in [0.25, 0.3) is 0 Å². The maximum Gasteiger partial charge on any atom is 0.255 e. The molecular weight excluding hydrogens is 397 g/mol. The first-order chi connectivity index (χ1) is 15.0. The normalized spacial score (nSPS) is 10.2. The summed E-state index contributed by atoms with van der Waals surface area (Å²) in [5.41, 5.74) is 1.72. The summed E-state index contributed by atoms with van der Waals surface area (Å²) in [7, 11) is 0. The van der Waals surface area contributed by atoms with E-state index in [2.05, 4.69) is 16.0 Å². The van der Waals surface area contributed by atoms with Gasteiger partial charge in [-0.3, -0.25) is 14.4 Å². The third-order valence-corrected chi connectivity index (χ3v) is 4.39. The SMILES string of the molecule is O=C(CCCNC(=O)c1ccccc1)Nc1cccc(C(=O)Nc2cccc(F)c2)c1. The Morgan fingerprint density at radius 3 is 2.13 bits per heavy atom. The van der Waals surface area contributed by atoms with Crippen molar-refractivity contribution in [3.63, 3.8) is 0 Å². The molecule has 158 valence electrons. The lowest BCUT2D eigenvalue weighted by molar-refractivity contribution is -0.116. The first-order valence-electron chi connectivity index (χ1n) is 9.81. The molecule has 0 spiro atoms. The van der Waals surface area contributed by atoms with Crippen LogP contribution in [-0.2, 0) is 4.79 Å². The predicted octanol–water partition coefficient (Wildman–Crippen LogP) is 4.23. The number of rotatable bonds is 8. The molecule has 3 N–H and O–H groups in total. The van der Waals surface area contributed by atoms with E-state index in [0.29, 0.717) is 35.5 Å². The molecule has 0 aliphatic rings. The Bertz CT molecular complexity index is 1070. The molecule has 0 aliphatic carbocycles. The molecule has 6 nitrogen and oxygen atoms in total. The second-order valence-electron chi connectivity index (χ2n) is 6.82. The van der Waals surface area contributed by atoms with Crippen LogP contribution in [0.2, 0.25) is 0 Å². The largest absolute Gasteiger partial charge is 0.352 e. The molecule has 3 aromatic rings. The van der Waals surface area contributed by atoms with Gasteiger partial charge in [-0.25, -0.2) is 4.39 Å². The summed E-state index contributed by atoms with van der Waals surface area (Å²) >= 11 is 0. The fourth-order valence-corrected chi connectivity index (χ4v) is 2.87. The van der Waals surface area contributed by atoms with Crippen molar-refractivity contribution >= 4 is 29.1 Å². The quantitative estimate of drug-likeness (QED) is 0.478. The van der Waals surface area contributed by atoms with Crippen LogP contribution in [-0.4, -0.2) is 24.3 Å². The highest BCUT2D eigenvalue weighted by Crippen LogP contribution is 2.15. The van der Waals surface area contributed by atoms with Crippen LogP contribution in [0.1, 0.15) is 33.6 Å². The van der Waals surface area contributed by atoms with Crippen LogP contribution in [0.15, 0.2) is 78.9 Å². The van der Waals surface area contributed by atoms with Gasteiger partial charge in [0, 0.05) is 35.5 Å². The smallest absolute Gasteiger partial charge is 0.255 e. The monoisotopic (exact) mass is 419 g/mol. The topological polar surface area (TPSA) is 87.3 Å². The maximum absolute atomic E-state index is 13.3. The number of hydrogen-bond acceptors (Lipinski definition) is 3. The van der Waals surface area contributed by atoms with Crippen LogP contribution in [0.5, 0.6) is 0 Å². The van der Waals surface area contributed by atoms with E-state index in [9.17, 15) is 18.8 Å². The first kappa shape index (κ1) is 21.7. The van der Waals surface area contributed by atoms with Crippen LogP contribution < -0.4 is 16.0 Å². The Morgan fingerprint density at radius 1 is 0.710 bits per heavy atom. The molecule has 31 heavy (non-hydrogen) atoms. The summed E-state index contributed by atoms with van der Waals surface area (Å²) in [6.07, 6.45) is 0.693. The van der Waals surface area contributed by atoms with Crippen molar-refractivity contribution in [3.8, 4) is 0 Å². The summed E-state index contributed by atoms with van der Waals surface area (Å²) in [5.74, 6) is -1.27. The molecule has 7 heteroatoms. The minimum absolute atomic E-state index is 0.182. The van der Waals surface area contributed by atoms with Crippen molar-refractivity contribution in [2.75, 3.05) is 17.2 Å². The van der Waals surface area contributed by atoms with Crippen molar-refractivity contribution < 1.29 is 18.8 Å². The molecule has 0 aromatic heterocycles. The summed E-state index contributed by atoms with van der Waals surface area (Å²) in [4.78, 5) is 36.5. The lowest BCUT2D eigenvalue weighted by Gasteiger charge is -2.09. The second kappa shape index (κ2) is 10.7. The van der Waals surface area contributed by atoms with Crippen LogP contribution in [0.4, 0.5) is 15.8 Å².